The highest BCUT2D eigenvalue weighted by atomic mass is 16.3. The number of nitrogens with two attached hydrogens (primary N) is 1. The second-order valence-corrected chi connectivity index (χ2v) is 5.11. The molecule has 4 rings (SSSR count). The maximum atomic E-state index is 8.08. The normalized spacial score (nSPS) is 11.1. The Hall–Kier alpha value is -3.14. The summed E-state index contributed by atoms with van der Waals surface area (Å²) in [6, 6.07) is 19.5. The molecule has 0 fully saturated rings. The fourth-order valence-corrected chi connectivity index (χ4v) is 2.71. The molecule has 0 saturated carbocycles. The number of aromatic nitrogens is 1. The second-order valence-electron chi connectivity index (χ2n) is 5.11. The van der Waals surface area contributed by atoms with Crippen molar-refractivity contribution in [1.29, 1.82) is 5.41 Å². The number of anilines is 1. The monoisotopic (exact) mass is 287 g/mol. The van der Waals surface area contributed by atoms with Crippen molar-refractivity contribution in [3.63, 3.8) is 0 Å². The van der Waals surface area contributed by atoms with Gasteiger partial charge in [-0.2, -0.15) is 0 Å². The molecule has 0 atom stereocenters. The molecule has 0 unspecified atom stereocenters. The summed E-state index contributed by atoms with van der Waals surface area (Å²) in [4.78, 5) is 4.44. The van der Waals surface area contributed by atoms with Crippen LogP contribution in [0.5, 0.6) is 0 Å². The molecule has 0 bridgehead atoms. The summed E-state index contributed by atoms with van der Waals surface area (Å²) in [6.45, 7) is 0. The molecular formula is C18H13N3O. The lowest BCUT2D eigenvalue weighted by molar-refractivity contribution is 0.542. The third-order valence-electron chi connectivity index (χ3n) is 3.73. The van der Waals surface area contributed by atoms with Crippen LogP contribution in [0.15, 0.2) is 65.1 Å². The molecule has 4 nitrogen and oxygen atoms in total. The number of benzene rings is 2. The summed E-state index contributed by atoms with van der Waals surface area (Å²) in [5.41, 5.74) is 8.59. The molecule has 3 N–H and O–H groups in total. The van der Waals surface area contributed by atoms with Gasteiger partial charge in [-0.15, -0.1) is 0 Å². The number of fused-ring (bicyclic) bond motifs is 3. The minimum Gasteiger partial charge on any atom is -0.438 e. The van der Waals surface area contributed by atoms with Crippen molar-refractivity contribution < 1.29 is 4.42 Å². The first kappa shape index (κ1) is 12.6. The van der Waals surface area contributed by atoms with Crippen molar-refractivity contribution in [1.82, 2.24) is 4.98 Å². The Balaban J connectivity index is 2.17. The van der Waals surface area contributed by atoms with Crippen LogP contribution in [0.3, 0.4) is 0 Å². The van der Waals surface area contributed by atoms with Gasteiger partial charge in [0.05, 0.1) is 11.1 Å². The van der Waals surface area contributed by atoms with Gasteiger partial charge < -0.3 is 10.2 Å². The lowest BCUT2D eigenvalue weighted by Crippen LogP contribution is -2.06. The van der Waals surface area contributed by atoms with E-state index in [9.17, 15) is 0 Å². The molecule has 0 aliphatic carbocycles. The van der Waals surface area contributed by atoms with Crippen molar-refractivity contribution in [2.75, 3.05) is 5.73 Å². The predicted molar refractivity (Wildman–Crippen MR) is 87.2 cm³/mol. The Kier molecular flexibility index (Phi) is 2.69. The fourth-order valence-electron chi connectivity index (χ4n) is 2.71. The van der Waals surface area contributed by atoms with Crippen molar-refractivity contribution >= 4 is 27.6 Å². The average molecular weight is 287 g/mol. The highest BCUT2D eigenvalue weighted by molar-refractivity contribution is 6.08. The van der Waals surface area contributed by atoms with E-state index >= 15 is 0 Å². The van der Waals surface area contributed by atoms with Crippen LogP contribution in [0, 0.1) is 5.41 Å². The van der Waals surface area contributed by atoms with Crippen LogP contribution < -0.4 is 11.3 Å². The minimum absolute atomic E-state index is 0.0401. The van der Waals surface area contributed by atoms with Crippen molar-refractivity contribution in [2.45, 2.75) is 0 Å². The largest absolute Gasteiger partial charge is 0.438 e. The van der Waals surface area contributed by atoms with Crippen LogP contribution in [0.2, 0.25) is 0 Å². The maximum absolute atomic E-state index is 8.08. The van der Waals surface area contributed by atoms with Gasteiger partial charge in [-0.05, 0) is 12.1 Å². The van der Waals surface area contributed by atoms with Crippen LogP contribution >= 0.6 is 0 Å². The molecule has 2 heterocycles. The second kappa shape index (κ2) is 4.70. The molecule has 0 aliphatic heterocycles. The van der Waals surface area contributed by atoms with Gasteiger partial charge in [-0.3, -0.25) is 5.41 Å². The van der Waals surface area contributed by atoms with E-state index in [1.54, 1.807) is 0 Å². The van der Waals surface area contributed by atoms with E-state index in [2.05, 4.69) is 4.98 Å². The number of nitrogen functional groups attached to an aromatic ring is 1. The Labute approximate surface area is 126 Å². The van der Waals surface area contributed by atoms with E-state index in [4.69, 9.17) is 15.6 Å². The van der Waals surface area contributed by atoms with Crippen LogP contribution in [-0.2, 0) is 0 Å². The van der Waals surface area contributed by atoms with E-state index in [-0.39, 0.29) is 5.55 Å². The summed E-state index contributed by atoms with van der Waals surface area (Å²) in [5, 5.41) is 10.4. The molecule has 0 spiro atoms. The van der Waals surface area contributed by atoms with Gasteiger partial charge in [0.15, 0.2) is 0 Å². The molecule has 0 saturated heterocycles. The summed E-state index contributed by atoms with van der Waals surface area (Å²) >= 11 is 0. The van der Waals surface area contributed by atoms with E-state index in [0.29, 0.717) is 16.8 Å². The first-order chi connectivity index (χ1) is 10.7. The molecular weight excluding hydrogens is 274 g/mol. The summed E-state index contributed by atoms with van der Waals surface area (Å²) in [6.07, 6.45) is 0. The van der Waals surface area contributed by atoms with E-state index < -0.39 is 0 Å². The molecule has 0 amide bonds. The Morgan fingerprint density at radius 1 is 0.909 bits per heavy atom. The van der Waals surface area contributed by atoms with Gasteiger partial charge >= 0.3 is 0 Å². The SMILES string of the molecule is N=c1oc2ccccc2c2cc(-c3ccccc3)nc(N)c12. The van der Waals surface area contributed by atoms with Crippen molar-refractivity contribution in [3.8, 4) is 11.3 Å². The molecule has 0 radical (unpaired) electrons. The summed E-state index contributed by atoms with van der Waals surface area (Å²) in [7, 11) is 0. The molecule has 106 valence electrons. The van der Waals surface area contributed by atoms with E-state index in [1.165, 1.54) is 0 Å². The highest BCUT2D eigenvalue weighted by Crippen LogP contribution is 2.29. The summed E-state index contributed by atoms with van der Waals surface area (Å²) in [5.74, 6) is 0.316. The van der Waals surface area contributed by atoms with Gasteiger partial charge in [-0.1, -0.05) is 48.5 Å². The van der Waals surface area contributed by atoms with Gasteiger partial charge in [0.1, 0.15) is 11.4 Å². The minimum atomic E-state index is 0.0401. The molecule has 2 aromatic heterocycles. The third kappa shape index (κ3) is 1.85. The van der Waals surface area contributed by atoms with E-state index in [1.807, 2.05) is 60.7 Å². The van der Waals surface area contributed by atoms with Crippen LogP contribution in [0.1, 0.15) is 0 Å². The molecule has 4 heteroatoms. The van der Waals surface area contributed by atoms with Gasteiger partial charge in [0.2, 0.25) is 5.55 Å². The third-order valence-corrected chi connectivity index (χ3v) is 3.73. The van der Waals surface area contributed by atoms with Crippen molar-refractivity contribution in [2.24, 2.45) is 0 Å². The quantitative estimate of drug-likeness (QED) is 0.524. The molecule has 22 heavy (non-hydrogen) atoms. The summed E-state index contributed by atoms with van der Waals surface area (Å²) < 4.78 is 5.55. The molecule has 4 aromatic rings. The Morgan fingerprint density at radius 3 is 2.45 bits per heavy atom. The number of rotatable bonds is 1. The number of hydrogen-bond donors (Lipinski definition) is 2. The van der Waals surface area contributed by atoms with Gasteiger partial charge in [-0.25, -0.2) is 4.98 Å². The van der Waals surface area contributed by atoms with Crippen LogP contribution in [0.25, 0.3) is 33.0 Å². The number of hydrogen-bond acceptors (Lipinski definition) is 4. The first-order valence-electron chi connectivity index (χ1n) is 6.96. The van der Waals surface area contributed by atoms with Crippen molar-refractivity contribution in [3.05, 3.63) is 66.2 Å². The zero-order valence-electron chi connectivity index (χ0n) is 11.7. The Morgan fingerprint density at radius 2 is 1.64 bits per heavy atom. The van der Waals surface area contributed by atoms with E-state index in [0.717, 1.165) is 22.0 Å². The smallest absolute Gasteiger partial charge is 0.223 e. The van der Waals surface area contributed by atoms with Crippen LogP contribution in [0.4, 0.5) is 5.82 Å². The highest BCUT2D eigenvalue weighted by Gasteiger charge is 2.11. The molecule has 0 aliphatic rings. The topological polar surface area (TPSA) is 75.9 Å². The van der Waals surface area contributed by atoms with Gasteiger partial charge in [0, 0.05) is 16.3 Å². The number of nitrogens with one attached hydrogen (secondary N) is 1. The number of para-hydroxylation sites is 1. The van der Waals surface area contributed by atoms with Gasteiger partial charge in [0.25, 0.3) is 0 Å². The zero-order chi connectivity index (χ0) is 15.1. The average Bonchev–Trinajstić information content (AvgIpc) is 2.55. The number of nitrogens with zero attached hydrogens (tertiary/aromatic N) is 1. The number of pyridine rings is 1. The fraction of sp³-hybridized carbons (Fsp3) is 0. The van der Waals surface area contributed by atoms with Crippen LogP contribution in [-0.4, -0.2) is 4.98 Å². The first-order valence-corrected chi connectivity index (χ1v) is 6.96. The predicted octanol–water partition coefficient (Wildman–Crippen LogP) is 3.71. The molecule has 2 aromatic carbocycles. The maximum Gasteiger partial charge on any atom is 0.223 e. The standard InChI is InChI=1S/C18H13N3O/c19-17-16-13(10-14(21-17)11-6-2-1-3-7-11)12-8-4-5-9-15(12)22-18(16)20/h1-10,20H,(H2,19,21). The lowest BCUT2D eigenvalue weighted by Gasteiger charge is -2.08. The lowest BCUT2D eigenvalue weighted by atomic mass is 10.0. The zero-order valence-corrected chi connectivity index (χ0v) is 11.7. The Bertz CT molecular complexity index is 1050.